The number of ketones is 1. The number of hydrogen-bond acceptors (Lipinski definition) is 4. The molecule has 2 aromatic carbocycles. The van der Waals surface area contributed by atoms with Crippen molar-refractivity contribution < 1.29 is 18.7 Å². The summed E-state index contributed by atoms with van der Waals surface area (Å²) in [7, 11) is 0. The minimum atomic E-state index is -0.891. The summed E-state index contributed by atoms with van der Waals surface area (Å²) in [6.07, 6.45) is 0.393. The van der Waals surface area contributed by atoms with Gasteiger partial charge in [-0.15, -0.1) is 0 Å². The zero-order valence-corrected chi connectivity index (χ0v) is 15.9. The summed E-state index contributed by atoms with van der Waals surface area (Å²) in [5, 5.41) is 0. The van der Waals surface area contributed by atoms with Gasteiger partial charge < -0.3 is 14.4 Å². The van der Waals surface area contributed by atoms with Gasteiger partial charge in [0.15, 0.2) is 5.78 Å². The van der Waals surface area contributed by atoms with Gasteiger partial charge in [0.1, 0.15) is 24.3 Å². The van der Waals surface area contributed by atoms with Gasteiger partial charge in [0.25, 0.3) is 0 Å². The molecule has 0 amide bonds. The van der Waals surface area contributed by atoms with E-state index in [1.165, 1.54) is 5.69 Å². The van der Waals surface area contributed by atoms with E-state index in [0.717, 1.165) is 30.2 Å². The topological polar surface area (TPSA) is 38.8 Å². The molecule has 1 aliphatic rings. The van der Waals surface area contributed by atoms with Crippen LogP contribution >= 0.6 is 0 Å². The van der Waals surface area contributed by atoms with Crippen LogP contribution in [0.25, 0.3) is 0 Å². The van der Waals surface area contributed by atoms with Crippen LogP contribution in [0.3, 0.4) is 0 Å². The van der Waals surface area contributed by atoms with Gasteiger partial charge in [0.2, 0.25) is 0 Å². The van der Waals surface area contributed by atoms with Crippen LogP contribution in [0.1, 0.15) is 31.7 Å². The third-order valence-corrected chi connectivity index (χ3v) is 4.80. The maximum atomic E-state index is 12.3. The van der Waals surface area contributed by atoms with E-state index in [0.29, 0.717) is 6.61 Å². The van der Waals surface area contributed by atoms with E-state index in [4.69, 9.17) is 9.47 Å². The molecule has 1 atom stereocenters. The average Bonchev–Trinajstić information content (AvgIpc) is 2.66. The van der Waals surface area contributed by atoms with E-state index < -0.39 is 6.67 Å². The quantitative estimate of drug-likeness (QED) is 0.655. The molecule has 4 nitrogen and oxygen atoms in total. The summed E-state index contributed by atoms with van der Waals surface area (Å²) in [6.45, 7) is 5.38. The van der Waals surface area contributed by atoms with Gasteiger partial charge in [-0.25, -0.2) is 4.39 Å². The summed E-state index contributed by atoms with van der Waals surface area (Å²) in [6, 6.07) is 15.9. The molecule has 1 fully saturated rings. The number of carbonyl (C=O) groups is 1. The van der Waals surface area contributed by atoms with Crippen LogP contribution in [0.2, 0.25) is 0 Å². The molecule has 0 radical (unpaired) electrons. The number of halogens is 1. The third-order valence-electron chi connectivity index (χ3n) is 4.80. The average molecular weight is 371 g/mol. The lowest BCUT2D eigenvalue weighted by atomic mass is 9.96. The van der Waals surface area contributed by atoms with Gasteiger partial charge in [-0.05, 0) is 54.8 Å². The van der Waals surface area contributed by atoms with Crippen LogP contribution in [0.5, 0.6) is 11.5 Å². The Balaban J connectivity index is 1.47. The predicted octanol–water partition coefficient (Wildman–Crippen LogP) is 4.39. The second kappa shape index (κ2) is 8.89. The second-order valence-corrected chi connectivity index (χ2v) is 6.92. The molecule has 0 saturated carbocycles. The number of alkyl halides is 1. The molecule has 1 aliphatic heterocycles. The first-order chi connectivity index (χ1) is 13.1. The lowest BCUT2D eigenvalue weighted by molar-refractivity contribution is -0.120. The third kappa shape index (κ3) is 5.00. The molecule has 3 rings (SSSR count). The Morgan fingerprint density at radius 3 is 2.33 bits per heavy atom. The summed E-state index contributed by atoms with van der Waals surface area (Å²) in [4.78, 5) is 13.5. The monoisotopic (exact) mass is 371 g/mol. The van der Waals surface area contributed by atoms with Crippen molar-refractivity contribution in [3.63, 3.8) is 0 Å². The standard InChI is InChI=1S/C22H26FNO3/c1-3-26-20-10-6-18(7-11-20)24-14-22(15-24)27-21-8-4-17(5-9-21)16(2)12-19(25)13-23/h4-11,16,22H,3,12-15H2,1-2H3/t16-/m1/s1. The molecular weight excluding hydrogens is 345 g/mol. The van der Waals surface area contributed by atoms with Gasteiger partial charge in [-0.2, -0.15) is 0 Å². The van der Waals surface area contributed by atoms with Crippen molar-refractivity contribution in [3.8, 4) is 11.5 Å². The van der Waals surface area contributed by atoms with Crippen LogP contribution in [0.4, 0.5) is 10.1 Å². The number of carbonyl (C=O) groups excluding carboxylic acids is 1. The molecule has 0 aliphatic carbocycles. The maximum Gasteiger partial charge on any atom is 0.164 e. The molecule has 1 saturated heterocycles. The summed E-state index contributed by atoms with van der Waals surface area (Å²) >= 11 is 0. The van der Waals surface area contributed by atoms with Crippen LogP contribution in [-0.2, 0) is 4.79 Å². The minimum absolute atomic E-state index is 0.0150. The first-order valence-corrected chi connectivity index (χ1v) is 9.41. The van der Waals surface area contributed by atoms with Gasteiger partial charge in [-0.3, -0.25) is 4.79 Å². The van der Waals surface area contributed by atoms with Crippen LogP contribution < -0.4 is 14.4 Å². The van der Waals surface area contributed by atoms with Crippen LogP contribution in [0.15, 0.2) is 48.5 Å². The predicted molar refractivity (Wildman–Crippen MR) is 105 cm³/mol. The minimum Gasteiger partial charge on any atom is -0.494 e. The Hall–Kier alpha value is -2.56. The highest BCUT2D eigenvalue weighted by atomic mass is 19.1. The number of Topliss-reactive ketones (excluding diaryl/α,β-unsaturated/α-hetero) is 1. The first kappa shape index (κ1) is 19.2. The van der Waals surface area contributed by atoms with Crippen LogP contribution in [-0.4, -0.2) is 38.3 Å². The number of nitrogens with zero attached hydrogens (tertiary/aromatic N) is 1. The van der Waals surface area contributed by atoms with Crippen molar-refractivity contribution in [1.82, 2.24) is 0 Å². The van der Waals surface area contributed by atoms with Crippen molar-refractivity contribution in [2.24, 2.45) is 0 Å². The van der Waals surface area contributed by atoms with E-state index in [1.807, 2.05) is 50.2 Å². The second-order valence-electron chi connectivity index (χ2n) is 6.92. The van der Waals surface area contributed by atoms with Crippen molar-refractivity contribution in [1.29, 1.82) is 0 Å². The molecular formula is C22H26FNO3. The van der Waals surface area contributed by atoms with Crippen molar-refractivity contribution >= 4 is 11.5 Å². The van der Waals surface area contributed by atoms with Gasteiger partial charge >= 0.3 is 0 Å². The van der Waals surface area contributed by atoms with Gasteiger partial charge in [-0.1, -0.05) is 19.1 Å². The van der Waals surface area contributed by atoms with Crippen molar-refractivity contribution in [3.05, 3.63) is 54.1 Å². The highest BCUT2D eigenvalue weighted by Crippen LogP contribution is 2.27. The maximum absolute atomic E-state index is 12.3. The van der Waals surface area contributed by atoms with Gasteiger partial charge in [0.05, 0.1) is 19.7 Å². The highest BCUT2D eigenvalue weighted by molar-refractivity contribution is 5.80. The lowest BCUT2D eigenvalue weighted by Crippen LogP contribution is -2.54. The Labute approximate surface area is 159 Å². The Morgan fingerprint density at radius 1 is 1.11 bits per heavy atom. The number of hydrogen-bond donors (Lipinski definition) is 0. The molecule has 5 heteroatoms. The summed E-state index contributed by atoms with van der Waals surface area (Å²) in [5.41, 5.74) is 2.19. The number of anilines is 1. The number of benzene rings is 2. The zero-order valence-electron chi connectivity index (χ0n) is 15.9. The first-order valence-electron chi connectivity index (χ1n) is 9.41. The molecule has 27 heavy (non-hydrogen) atoms. The van der Waals surface area contributed by atoms with E-state index in [1.54, 1.807) is 0 Å². The van der Waals surface area contributed by atoms with Crippen LogP contribution in [0, 0.1) is 0 Å². The Bertz CT molecular complexity index is 739. The largest absolute Gasteiger partial charge is 0.494 e. The van der Waals surface area contributed by atoms with E-state index >= 15 is 0 Å². The smallest absolute Gasteiger partial charge is 0.164 e. The molecule has 2 aromatic rings. The lowest BCUT2D eigenvalue weighted by Gasteiger charge is -2.40. The molecule has 0 aromatic heterocycles. The van der Waals surface area contributed by atoms with E-state index in [9.17, 15) is 9.18 Å². The molecule has 0 spiro atoms. The molecule has 144 valence electrons. The highest BCUT2D eigenvalue weighted by Gasteiger charge is 2.28. The van der Waals surface area contributed by atoms with E-state index in [-0.39, 0.29) is 24.2 Å². The molecule has 1 heterocycles. The van der Waals surface area contributed by atoms with Crippen molar-refractivity contribution in [2.75, 3.05) is 31.3 Å². The fourth-order valence-electron chi connectivity index (χ4n) is 3.22. The summed E-state index contributed by atoms with van der Waals surface area (Å²) in [5.74, 6) is 1.36. The number of rotatable bonds is 9. The Kier molecular flexibility index (Phi) is 6.32. The fraction of sp³-hybridized carbons (Fsp3) is 0.409. The number of ether oxygens (including phenoxy) is 2. The van der Waals surface area contributed by atoms with E-state index in [2.05, 4.69) is 17.0 Å². The fourth-order valence-corrected chi connectivity index (χ4v) is 3.22. The molecule has 0 N–H and O–H groups in total. The van der Waals surface area contributed by atoms with Crippen molar-refractivity contribution in [2.45, 2.75) is 32.3 Å². The SMILES string of the molecule is CCOc1ccc(N2CC(Oc3ccc([C@H](C)CC(=O)CF)cc3)C2)cc1. The summed E-state index contributed by atoms with van der Waals surface area (Å²) < 4.78 is 23.8. The zero-order chi connectivity index (χ0) is 19.2. The Morgan fingerprint density at radius 2 is 1.74 bits per heavy atom. The molecule has 0 unspecified atom stereocenters. The van der Waals surface area contributed by atoms with Gasteiger partial charge in [0, 0.05) is 12.1 Å². The molecule has 0 bridgehead atoms. The normalized spacial score (nSPS) is 15.1.